The number of hydrogen-bond donors (Lipinski definition) is 0. The highest BCUT2D eigenvalue weighted by molar-refractivity contribution is 6.05. The fourth-order valence-electron chi connectivity index (χ4n) is 4.26. The van der Waals surface area contributed by atoms with Gasteiger partial charge in [0.15, 0.2) is 5.82 Å². The molecule has 30 heavy (non-hydrogen) atoms. The van der Waals surface area contributed by atoms with Crippen LogP contribution in [0.3, 0.4) is 0 Å². The first-order valence-corrected chi connectivity index (χ1v) is 10.8. The van der Waals surface area contributed by atoms with Crippen molar-refractivity contribution < 1.29 is 14.1 Å². The van der Waals surface area contributed by atoms with Crippen molar-refractivity contribution in [3.05, 3.63) is 47.2 Å². The molecule has 1 saturated carbocycles. The number of fused-ring (bicyclic) bond motifs is 1. The maximum Gasteiger partial charge on any atom is 0.341 e. The minimum Gasteiger partial charge on any atom is -0.462 e. The Hall–Kier alpha value is -2.96. The Morgan fingerprint density at radius 2 is 2.00 bits per heavy atom. The van der Waals surface area contributed by atoms with Gasteiger partial charge < -0.3 is 14.2 Å². The maximum atomic E-state index is 12.7. The number of ether oxygens (including phenoxy) is 1. The molecule has 0 spiro atoms. The first kappa shape index (κ1) is 19.0. The second kappa shape index (κ2) is 7.70. The van der Waals surface area contributed by atoms with Crippen molar-refractivity contribution in [2.24, 2.45) is 0 Å². The molecule has 2 aliphatic rings. The number of nitrogens with zero attached hydrogens (tertiary/aromatic N) is 4. The molecule has 1 aromatic carbocycles. The zero-order valence-electron chi connectivity index (χ0n) is 17.4. The van der Waals surface area contributed by atoms with Crippen LogP contribution < -0.4 is 4.90 Å². The standard InChI is InChI=1S/C23H26N4O3/c1-3-29-23(28)18-13-24-19-7-4-14(2)12-17(19)20(18)27-10-8-15(9-11-27)21-25-22(30-26-21)16-5-6-16/h4,7,12-13,15-16H,3,5-6,8-11H2,1-2H3. The van der Waals surface area contributed by atoms with Gasteiger partial charge in [-0.1, -0.05) is 16.8 Å². The Morgan fingerprint density at radius 3 is 2.73 bits per heavy atom. The van der Waals surface area contributed by atoms with Gasteiger partial charge in [0.25, 0.3) is 0 Å². The molecule has 1 aliphatic carbocycles. The van der Waals surface area contributed by atoms with E-state index in [0.717, 1.165) is 72.6 Å². The van der Waals surface area contributed by atoms with E-state index in [0.29, 0.717) is 24.0 Å². The Morgan fingerprint density at radius 1 is 1.20 bits per heavy atom. The maximum absolute atomic E-state index is 12.7. The normalized spacial score (nSPS) is 17.5. The minimum atomic E-state index is -0.322. The molecule has 0 amide bonds. The molecule has 1 aliphatic heterocycles. The monoisotopic (exact) mass is 406 g/mol. The SMILES string of the molecule is CCOC(=O)c1cnc2ccc(C)cc2c1N1CCC(c2noc(C3CC3)n2)CC1. The largest absolute Gasteiger partial charge is 0.462 e. The summed E-state index contributed by atoms with van der Waals surface area (Å²) in [6.45, 7) is 5.85. The molecule has 0 unspecified atom stereocenters. The van der Waals surface area contributed by atoms with Crippen molar-refractivity contribution in [2.75, 3.05) is 24.6 Å². The van der Waals surface area contributed by atoms with Crippen LogP contribution in [0, 0.1) is 6.92 Å². The van der Waals surface area contributed by atoms with Gasteiger partial charge in [-0.2, -0.15) is 4.98 Å². The van der Waals surface area contributed by atoms with E-state index in [4.69, 9.17) is 9.26 Å². The lowest BCUT2D eigenvalue weighted by Crippen LogP contribution is -2.34. The highest BCUT2D eigenvalue weighted by atomic mass is 16.5. The summed E-state index contributed by atoms with van der Waals surface area (Å²) in [4.78, 5) is 24.1. The Labute approximate surface area is 175 Å². The molecule has 0 bridgehead atoms. The number of hydrogen-bond acceptors (Lipinski definition) is 7. The van der Waals surface area contributed by atoms with Gasteiger partial charge in [0.2, 0.25) is 5.89 Å². The van der Waals surface area contributed by atoms with Crippen molar-refractivity contribution in [3.8, 4) is 0 Å². The molecule has 0 radical (unpaired) electrons. The lowest BCUT2D eigenvalue weighted by molar-refractivity contribution is 0.0526. The summed E-state index contributed by atoms with van der Waals surface area (Å²) in [5.74, 6) is 2.08. The number of pyridine rings is 1. The lowest BCUT2D eigenvalue weighted by atomic mass is 9.94. The third-order valence-corrected chi connectivity index (χ3v) is 6.05. The molecule has 5 rings (SSSR count). The third kappa shape index (κ3) is 3.53. The number of benzene rings is 1. The number of carbonyl (C=O) groups excluding carboxylic acids is 1. The van der Waals surface area contributed by atoms with Gasteiger partial charge in [0.05, 0.1) is 17.8 Å². The molecule has 2 aromatic heterocycles. The number of rotatable bonds is 5. The van der Waals surface area contributed by atoms with Crippen LogP contribution in [0.5, 0.6) is 0 Å². The van der Waals surface area contributed by atoms with Gasteiger partial charge in [-0.05, 0) is 51.7 Å². The van der Waals surface area contributed by atoms with Crippen LogP contribution in [-0.2, 0) is 4.74 Å². The van der Waals surface area contributed by atoms with E-state index < -0.39 is 0 Å². The van der Waals surface area contributed by atoms with E-state index in [1.807, 2.05) is 19.1 Å². The second-order valence-corrected chi connectivity index (χ2v) is 8.29. The van der Waals surface area contributed by atoms with Crippen LogP contribution in [0.4, 0.5) is 5.69 Å². The minimum absolute atomic E-state index is 0.290. The Kier molecular flexibility index (Phi) is 4.89. The molecule has 2 fully saturated rings. The molecule has 1 saturated heterocycles. The molecule has 7 heteroatoms. The van der Waals surface area contributed by atoms with E-state index in [1.165, 1.54) is 0 Å². The summed E-state index contributed by atoms with van der Waals surface area (Å²) in [5.41, 5.74) is 3.48. The molecule has 3 heterocycles. The molecular weight excluding hydrogens is 380 g/mol. The van der Waals surface area contributed by atoms with Gasteiger partial charge in [0.1, 0.15) is 5.56 Å². The van der Waals surface area contributed by atoms with Crippen molar-refractivity contribution in [1.29, 1.82) is 0 Å². The second-order valence-electron chi connectivity index (χ2n) is 8.29. The zero-order chi connectivity index (χ0) is 20.7. The van der Waals surface area contributed by atoms with Crippen LogP contribution in [0.15, 0.2) is 28.9 Å². The highest BCUT2D eigenvalue weighted by Gasteiger charge is 2.32. The summed E-state index contributed by atoms with van der Waals surface area (Å²) >= 11 is 0. The van der Waals surface area contributed by atoms with Crippen LogP contribution >= 0.6 is 0 Å². The fraction of sp³-hybridized carbons (Fsp3) is 0.478. The molecule has 3 aromatic rings. The smallest absolute Gasteiger partial charge is 0.341 e. The first-order chi connectivity index (χ1) is 14.6. The van der Waals surface area contributed by atoms with Crippen LogP contribution in [0.2, 0.25) is 0 Å². The predicted molar refractivity (Wildman–Crippen MR) is 113 cm³/mol. The first-order valence-electron chi connectivity index (χ1n) is 10.8. The zero-order valence-corrected chi connectivity index (χ0v) is 17.4. The number of carbonyl (C=O) groups is 1. The summed E-state index contributed by atoms with van der Waals surface area (Å²) in [6, 6.07) is 6.16. The van der Waals surface area contributed by atoms with Gasteiger partial charge in [-0.15, -0.1) is 0 Å². The van der Waals surface area contributed by atoms with E-state index in [9.17, 15) is 4.79 Å². The fourth-order valence-corrected chi connectivity index (χ4v) is 4.26. The highest BCUT2D eigenvalue weighted by Crippen LogP contribution is 2.40. The topological polar surface area (TPSA) is 81.4 Å². The van der Waals surface area contributed by atoms with Crippen molar-refractivity contribution in [1.82, 2.24) is 15.1 Å². The molecular formula is C23H26N4O3. The number of anilines is 1. The van der Waals surface area contributed by atoms with Crippen LogP contribution in [0.25, 0.3) is 10.9 Å². The average molecular weight is 406 g/mol. The number of piperidine rings is 1. The van der Waals surface area contributed by atoms with Crippen LogP contribution in [0.1, 0.15) is 72.1 Å². The number of esters is 1. The predicted octanol–water partition coefficient (Wildman–Crippen LogP) is 4.36. The van der Waals surface area contributed by atoms with Gasteiger partial charge in [-0.3, -0.25) is 4.98 Å². The quantitative estimate of drug-likeness (QED) is 0.582. The number of aromatic nitrogens is 3. The Bertz CT molecular complexity index is 1080. The molecule has 7 nitrogen and oxygen atoms in total. The lowest BCUT2D eigenvalue weighted by Gasteiger charge is -2.34. The summed E-state index contributed by atoms with van der Waals surface area (Å²) in [5, 5.41) is 5.24. The van der Waals surface area contributed by atoms with Gasteiger partial charge in [-0.25, -0.2) is 4.79 Å². The Balaban J connectivity index is 1.44. The van der Waals surface area contributed by atoms with E-state index >= 15 is 0 Å². The van der Waals surface area contributed by atoms with Crippen molar-refractivity contribution in [3.63, 3.8) is 0 Å². The van der Waals surface area contributed by atoms with E-state index in [1.54, 1.807) is 6.20 Å². The van der Waals surface area contributed by atoms with E-state index in [-0.39, 0.29) is 5.97 Å². The molecule has 0 atom stereocenters. The van der Waals surface area contributed by atoms with Crippen molar-refractivity contribution >= 4 is 22.6 Å². The average Bonchev–Trinajstić information content (AvgIpc) is 3.50. The summed E-state index contributed by atoms with van der Waals surface area (Å²) in [6.07, 6.45) is 5.80. The third-order valence-electron chi connectivity index (χ3n) is 6.05. The number of aryl methyl sites for hydroxylation is 1. The summed E-state index contributed by atoms with van der Waals surface area (Å²) in [7, 11) is 0. The van der Waals surface area contributed by atoms with Crippen LogP contribution in [-0.4, -0.2) is 40.8 Å². The molecule has 0 N–H and O–H groups in total. The molecule has 156 valence electrons. The van der Waals surface area contributed by atoms with E-state index in [2.05, 4.69) is 33.0 Å². The van der Waals surface area contributed by atoms with Gasteiger partial charge in [0, 0.05) is 36.5 Å². The van der Waals surface area contributed by atoms with Crippen molar-refractivity contribution in [2.45, 2.75) is 51.4 Å². The summed E-state index contributed by atoms with van der Waals surface area (Å²) < 4.78 is 10.8. The van der Waals surface area contributed by atoms with Gasteiger partial charge >= 0.3 is 5.97 Å².